The molecule has 2 aromatic rings. The third kappa shape index (κ3) is 1.73. The molecule has 1 fully saturated rings. The Hall–Kier alpha value is -1.59. The molecule has 19 heavy (non-hydrogen) atoms. The summed E-state index contributed by atoms with van der Waals surface area (Å²) in [6.45, 7) is 4.49. The second-order valence-corrected chi connectivity index (χ2v) is 5.59. The van der Waals surface area contributed by atoms with Crippen molar-refractivity contribution < 1.29 is 14.6 Å². The lowest BCUT2D eigenvalue weighted by molar-refractivity contribution is -0.233. The zero-order valence-electron chi connectivity index (χ0n) is 11.4. The summed E-state index contributed by atoms with van der Waals surface area (Å²) in [5, 5.41) is 10.8. The summed E-state index contributed by atoms with van der Waals surface area (Å²) >= 11 is 0. The van der Waals surface area contributed by atoms with Crippen LogP contribution < -0.4 is 4.74 Å². The summed E-state index contributed by atoms with van der Waals surface area (Å²) in [4.78, 5) is 7.59. The maximum Gasteiger partial charge on any atom is 0.231 e. The van der Waals surface area contributed by atoms with Crippen molar-refractivity contribution in [2.75, 3.05) is 13.7 Å². The van der Waals surface area contributed by atoms with Crippen LogP contribution in [0.5, 0.6) is 5.75 Å². The second-order valence-electron chi connectivity index (χ2n) is 5.59. The third-order valence-electron chi connectivity index (χ3n) is 3.97. The van der Waals surface area contributed by atoms with E-state index in [-0.39, 0.29) is 5.41 Å². The SMILES string of the molecule is COc1ccc2nc(C3(O)OCCC3(C)C)[nH]c2c1. The van der Waals surface area contributed by atoms with Gasteiger partial charge in [-0.05, 0) is 18.6 Å². The Morgan fingerprint density at radius 3 is 2.84 bits per heavy atom. The van der Waals surface area contributed by atoms with Crippen molar-refractivity contribution in [3.63, 3.8) is 0 Å². The summed E-state index contributed by atoms with van der Waals surface area (Å²) in [7, 11) is 1.62. The first-order valence-corrected chi connectivity index (χ1v) is 6.37. The minimum atomic E-state index is -1.36. The molecule has 3 rings (SSSR count). The number of aromatic nitrogens is 2. The zero-order chi connectivity index (χ0) is 13.7. The lowest BCUT2D eigenvalue weighted by atomic mass is 9.82. The van der Waals surface area contributed by atoms with Crippen LogP contribution >= 0.6 is 0 Å². The van der Waals surface area contributed by atoms with Gasteiger partial charge in [-0.2, -0.15) is 0 Å². The van der Waals surface area contributed by atoms with Crippen molar-refractivity contribution in [3.8, 4) is 5.75 Å². The molecule has 0 saturated carbocycles. The molecule has 1 saturated heterocycles. The standard InChI is InChI=1S/C14H18N2O3/c1-13(2)6-7-19-14(13,17)12-15-10-5-4-9(18-3)8-11(10)16-12/h4-5,8,17H,6-7H2,1-3H3,(H,15,16). The predicted molar refractivity (Wildman–Crippen MR) is 70.9 cm³/mol. The number of aliphatic hydroxyl groups is 1. The van der Waals surface area contributed by atoms with Crippen molar-refractivity contribution in [3.05, 3.63) is 24.0 Å². The molecule has 1 aromatic carbocycles. The monoisotopic (exact) mass is 262 g/mol. The highest BCUT2D eigenvalue weighted by atomic mass is 16.6. The van der Waals surface area contributed by atoms with Gasteiger partial charge < -0.3 is 19.6 Å². The average molecular weight is 262 g/mol. The summed E-state index contributed by atoms with van der Waals surface area (Å²) in [5.74, 6) is -0.154. The van der Waals surface area contributed by atoms with Crippen LogP contribution in [0.25, 0.3) is 11.0 Å². The molecule has 5 heteroatoms. The van der Waals surface area contributed by atoms with Crippen LogP contribution in [0.4, 0.5) is 0 Å². The molecule has 1 aromatic heterocycles. The van der Waals surface area contributed by atoms with E-state index in [0.717, 1.165) is 23.2 Å². The number of hydrogen-bond donors (Lipinski definition) is 2. The Labute approximate surface area is 111 Å². The van der Waals surface area contributed by atoms with Crippen molar-refractivity contribution in [2.24, 2.45) is 5.41 Å². The van der Waals surface area contributed by atoms with E-state index in [9.17, 15) is 5.11 Å². The van der Waals surface area contributed by atoms with Crippen LogP contribution in [0.2, 0.25) is 0 Å². The molecule has 0 amide bonds. The van der Waals surface area contributed by atoms with Gasteiger partial charge in [-0.1, -0.05) is 13.8 Å². The number of fused-ring (bicyclic) bond motifs is 1. The molecule has 1 aliphatic heterocycles. The van der Waals surface area contributed by atoms with Gasteiger partial charge >= 0.3 is 0 Å². The minimum absolute atomic E-state index is 0.370. The minimum Gasteiger partial charge on any atom is -0.497 e. The van der Waals surface area contributed by atoms with Crippen LogP contribution in [-0.2, 0) is 10.5 Å². The Morgan fingerprint density at radius 2 is 2.21 bits per heavy atom. The largest absolute Gasteiger partial charge is 0.497 e. The number of hydrogen-bond acceptors (Lipinski definition) is 4. The summed E-state index contributed by atoms with van der Waals surface area (Å²) in [5.41, 5.74) is 1.25. The van der Waals surface area contributed by atoms with Crippen LogP contribution in [0.15, 0.2) is 18.2 Å². The van der Waals surface area contributed by atoms with Gasteiger partial charge in [0.25, 0.3) is 0 Å². The van der Waals surface area contributed by atoms with Gasteiger partial charge in [-0.25, -0.2) is 4.98 Å². The van der Waals surface area contributed by atoms with E-state index in [0.29, 0.717) is 12.4 Å². The maximum atomic E-state index is 10.8. The zero-order valence-corrected chi connectivity index (χ0v) is 11.4. The van der Waals surface area contributed by atoms with E-state index in [1.807, 2.05) is 32.0 Å². The number of benzene rings is 1. The summed E-state index contributed by atoms with van der Waals surface area (Å²) in [6.07, 6.45) is 0.796. The van der Waals surface area contributed by atoms with Crippen molar-refractivity contribution >= 4 is 11.0 Å². The molecule has 2 N–H and O–H groups in total. The lowest BCUT2D eigenvalue weighted by Crippen LogP contribution is -2.39. The van der Waals surface area contributed by atoms with E-state index in [4.69, 9.17) is 9.47 Å². The van der Waals surface area contributed by atoms with Crippen LogP contribution in [0, 0.1) is 5.41 Å². The number of H-pyrrole nitrogens is 1. The van der Waals surface area contributed by atoms with Gasteiger partial charge in [0, 0.05) is 11.5 Å². The number of nitrogens with one attached hydrogen (secondary N) is 1. The van der Waals surface area contributed by atoms with Gasteiger partial charge in [0.15, 0.2) is 5.82 Å². The Morgan fingerprint density at radius 1 is 1.42 bits per heavy atom. The summed E-state index contributed by atoms with van der Waals surface area (Å²) in [6, 6.07) is 5.56. The molecule has 1 atom stereocenters. The summed E-state index contributed by atoms with van der Waals surface area (Å²) < 4.78 is 10.7. The number of methoxy groups -OCH3 is 1. The molecule has 5 nitrogen and oxygen atoms in total. The first kappa shape index (κ1) is 12.4. The third-order valence-corrected chi connectivity index (χ3v) is 3.97. The molecule has 0 radical (unpaired) electrons. The van der Waals surface area contributed by atoms with E-state index in [1.54, 1.807) is 7.11 Å². The molecule has 2 heterocycles. The van der Waals surface area contributed by atoms with Crippen molar-refractivity contribution in [1.82, 2.24) is 9.97 Å². The first-order valence-electron chi connectivity index (χ1n) is 6.37. The van der Waals surface area contributed by atoms with Crippen molar-refractivity contribution in [2.45, 2.75) is 26.1 Å². The predicted octanol–water partition coefficient (Wildman–Crippen LogP) is 2.16. The number of ether oxygens (including phenoxy) is 2. The number of rotatable bonds is 2. The molecule has 0 spiro atoms. The van der Waals surface area contributed by atoms with Gasteiger partial charge in [-0.3, -0.25) is 0 Å². The van der Waals surface area contributed by atoms with Crippen LogP contribution in [-0.4, -0.2) is 28.8 Å². The molecule has 102 valence electrons. The van der Waals surface area contributed by atoms with Gasteiger partial charge in [0.2, 0.25) is 5.79 Å². The Balaban J connectivity index is 2.11. The second kappa shape index (κ2) is 3.95. The normalized spacial score (nSPS) is 25.9. The molecular weight excluding hydrogens is 244 g/mol. The number of aromatic amines is 1. The van der Waals surface area contributed by atoms with Crippen LogP contribution in [0.3, 0.4) is 0 Å². The molecule has 1 aliphatic rings. The first-order chi connectivity index (χ1) is 8.96. The fourth-order valence-electron chi connectivity index (χ4n) is 2.48. The van der Waals surface area contributed by atoms with Crippen molar-refractivity contribution in [1.29, 1.82) is 0 Å². The highest BCUT2D eigenvalue weighted by Gasteiger charge is 2.52. The van der Waals surface area contributed by atoms with Gasteiger partial charge in [-0.15, -0.1) is 0 Å². The topological polar surface area (TPSA) is 67.4 Å². The Kier molecular flexibility index (Phi) is 2.59. The maximum absolute atomic E-state index is 10.8. The van der Waals surface area contributed by atoms with E-state index in [2.05, 4.69) is 9.97 Å². The average Bonchev–Trinajstić information content (AvgIpc) is 2.91. The lowest BCUT2D eigenvalue weighted by Gasteiger charge is -2.32. The Bertz CT molecular complexity index is 620. The molecule has 0 aliphatic carbocycles. The van der Waals surface area contributed by atoms with Gasteiger partial charge in [0.1, 0.15) is 5.75 Å². The van der Waals surface area contributed by atoms with Crippen LogP contribution in [0.1, 0.15) is 26.1 Å². The fourth-order valence-corrected chi connectivity index (χ4v) is 2.48. The number of imidazole rings is 1. The van der Waals surface area contributed by atoms with Gasteiger partial charge in [0.05, 0.1) is 24.8 Å². The quantitative estimate of drug-likeness (QED) is 0.870. The fraction of sp³-hybridized carbons (Fsp3) is 0.500. The van der Waals surface area contributed by atoms with E-state index in [1.165, 1.54) is 0 Å². The van der Waals surface area contributed by atoms with E-state index >= 15 is 0 Å². The molecular formula is C14H18N2O3. The molecule has 1 unspecified atom stereocenters. The molecule has 0 bridgehead atoms. The van der Waals surface area contributed by atoms with E-state index < -0.39 is 5.79 Å². The number of nitrogens with zero attached hydrogens (tertiary/aromatic N) is 1. The highest BCUT2D eigenvalue weighted by Crippen LogP contribution is 2.47. The highest BCUT2D eigenvalue weighted by molar-refractivity contribution is 5.77. The smallest absolute Gasteiger partial charge is 0.231 e.